The van der Waals surface area contributed by atoms with Crippen LogP contribution in [0.25, 0.3) is 10.1 Å². The van der Waals surface area contributed by atoms with Crippen molar-refractivity contribution < 1.29 is 13.2 Å². The second-order valence-corrected chi connectivity index (χ2v) is 12.1. The Labute approximate surface area is 202 Å². The number of fused-ring (bicyclic) bond motifs is 1. The van der Waals surface area contributed by atoms with E-state index in [1.54, 1.807) is 24.4 Å². The summed E-state index contributed by atoms with van der Waals surface area (Å²) in [5.41, 5.74) is 0. The number of thiophene rings is 1. The maximum absolute atomic E-state index is 13.2. The third-order valence-corrected chi connectivity index (χ3v) is 9.97. The van der Waals surface area contributed by atoms with Gasteiger partial charge in [-0.3, -0.25) is 4.79 Å². The van der Waals surface area contributed by atoms with Crippen molar-refractivity contribution in [2.24, 2.45) is 0 Å². The molecule has 33 heavy (non-hydrogen) atoms. The predicted molar refractivity (Wildman–Crippen MR) is 131 cm³/mol. The highest BCUT2D eigenvalue weighted by Gasteiger charge is 2.36. The van der Waals surface area contributed by atoms with E-state index >= 15 is 0 Å². The molecule has 2 aromatic heterocycles. The maximum Gasteiger partial charge on any atom is 0.253 e. The number of amides is 1. The monoisotopic (exact) mass is 504 g/mol. The minimum atomic E-state index is -3.74. The molecule has 0 aliphatic carbocycles. The van der Waals surface area contributed by atoms with Gasteiger partial charge in [0.2, 0.25) is 5.91 Å². The van der Waals surface area contributed by atoms with E-state index in [9.17, 15) is 13.2 Å². The van der Waals surface area contributed by atoms with Gasteiger partial charge in [0.25, 0.3) is 10.0 Å². The standard InChI is InChI=1S/C23H25ClN4O3S2/c24-18-8-7-17-13-23(32-20(17)14-18)33(30,31)27-12-11-26(22(29)16-27)15-19-5-2-4-10-28(19)21-6-1-3-9-25-21/h1,3,6-9,13-14,19H,2,4-5,10-12,15-16H2. The number of benzene rings is 1. The van der Waals surface area contributed by atoms with Crippen LogP contribution in [0.3, 0.4) is 0 Å². The number of anilines is 1. The number of halogens is 1. The summed E-state index contributed by atoms with van der Waals surface area (Å²) in [4.78, 5) is 21.6. The van der Waals surface area contributed by atoms with Crippen LogP contribution in [0, 0.1) is 0 Å². The summed E-state index contributed by atoms with van der Waals surface area (Å²) in [5.74, 6) is 0.779. The number of piperazine rings is 1. The Morgan fingerprint density at radius 2 is 1.97 bits per heavy atom. The molecule has 174 valence electrons. The number of hydrogen-bond acceptors (Lipinski definition) is 6. The van der Waals surface area contributed by atoms with E-state index < -0.39 is 10.0 Å². The first kappa shape index (κ1) is 22.6. The van der Waals surface area contributed by atoms with Crippen LogP contribution in [0.2, 0.25) is 5.02 Å². The van der Waals surface area contributed by atoms with Crippen LogP contribution >= 0.6 is 22.9 Å². The zero-order valence-electron chi connectivity index (χ0n) is 18.1. The number of carbonyl (C=O) groups is 1. The third kappa shape index (κ3) is 4.59. The van der Waals surface area contributed by atoms with E-state index in [-0.39, 0.29) is 22.7 Å². The summed E-state index contributed by atoms with van der Waals surface area (Å²) >= 11 is 7.23. The number of hydrogen-bond donors (Lipinski definition) is 0. The van der Waals surface area contributed by atoms with Crippen molar-refractivity contribution in [1.82, 2.24) is 14.2 Å². The van der Waals surface area contributed by atoms with Gasteiger partial charge in [-0.25, -0.2) is 13.4 Å². The van der Waals surface area contributed by atoms with Crippen molar-refractivity contribution in [3.63, 3.8) is 0 Å². The molecule has 2 aliphatic rings. The zero-order valence-corrected chi connectivity index (χ0v) is 20.4. The number of nitrogens with zero attached hydrogens (tertiary/aromatic N) is 4. The Kier molecular flexibility index (Phi) is 6.30. The molecule has 0 bridgehead atoms. The Morgan fingerprint density at radius 3 is 2.76 bits per heavy atom. The summed E-state index contributed by atoms with van der Waals surface area (Å²) in [6.07, 6.45) is 5.00. The minimum absolute atomic E-state index is 0.131. The first-order valence-corrected chi connectivity index (χ1v) is 13.7. The first-order valence-electron chi connectivity index (χ1n) is 11.1. The fourth-order valence-electron chi connectivity index (χ4n) is 4.59. The maximum atomic E-state index is 13.2. The van der Waals surface area contributed by atoms with Crippen LogP contribution in [-0.2, 0) is 14.8 Å². The molecule has 3 aromatic rings. The van der Waals surface area contributed by atoms with Gasteiger partial charge in [0.15, 0.2) is 0 Å². The third-order valence-electron chi connectivity index (χ3n) is 6.34. The van der Waals surface area contributed by atoms with Crippen LogP contribution in [0.1, 0.15) is 19.3 Å². The van der Waals surface area contributed by atoms with Crippen molar-refractivity contribution in [3.8, 4) is 0 Å². The van der Waals surface area contributed by atoms with Crippen molar-refractivity contribution in [1.29, 1.82) is 0 Å². The van der Waals surface area contributed by atoms with E-state index in [4.69, 9.17) is 11.6 Å². The summed E-state index contributed by atoms with van der Waals surface area (Å²) in [7, 11) is -3.74. The topological polar surface area (TPSA) is 73.8 Å². The van der Waals surface area contributed by atoms with Gasteiger partial charge in [0, 0.05) is 48.1 Å². The van der Waals surface area contributed by atoms with E-state index in [0.717, 1.165) is 41.7 Å². The van der Waals surface area contributed by atoms with Gasteiger partial charge < -0.3 is 9.80 Å². The number of carbonyl (C=O) groups excluding carboxylic acids is 1. The second kappa shape index (κ2) is 9.21. The Bertz CT molecular complexity index is 1270. The minimum Gasteiger partial charge on any atom is -0.352 e. The van der Waals surface area contributed by atoms with Crippen LogP contribution in [0.5, 0.6) is 0 Å². The highest BCUT2D eigenvalue weighted by Crippen LogP contribution is 2.33. The molecule has 0 N–H and O–H groups in total. The number of sulfonamides is 1. The molecule has 10 heteroatoms. The molecule has 0 spiro atoms. The average Bonchev–Trinajstić information content (AvgIpc) is 3.25. The molecular formula is C23H25ClN4O3S2. The Hall–Kier alpha value is -2.20. The molecule has 1 atom stereocenters. The molecule has 1 unspecified atom stereocenters. The van der Waals surface area contributed by atoms with E-state index in [1.807, 2.05) is 29.2 Å². The highest BCUT2D eigenvalue weighted by molar-refractivity contribution is 7.91. The number of rotatable bonds is 5. The van der Waals surface area contributed by atoms with Gasteiger partial charge in [0.1, 0.15) is 10.0 Å². The van der Waals surface area contributed by atoms with E-state index in [1.165, 1.54) is 15.6 Å². The molecule has 0 radical (unpaired) electrons. The second-order valence-electron chi connectivity index (χ2n) is 8.46. The normalized spacial score (nSPS) is 20.5. The van der Waals surface area contributed by atoms with Crippen LogP contribution in [0.4, 0.5) is 5.82 Å². The first-order chi connectivity index (χ1) is 15.9. The Balaban J connectivity index is 1.28. The lowest BCUT2D eigenvalue weighted by Crippen LogP contribution is -2.56. The number of aromatic nitrogens is 1. The molecule has 4 heterocycles. The number of pyridine rings is 1. The fourth-order valence-corrected chi connectivity index (χ4v) is 7.80. The fraction of sp³-hybridized carbons (Fsp3) is 0.391. The quantitative estimate of drug-likeness (QED) is 0.527. The zero-order chi connectivity index (χ0) is 23.0. The molecule has 1 aromatic carbocycles. The van der Waals surface area contributed by atoms with Crippen molar-refractivity contribution in [2.45, 2.75) is 29.5 Å². The summed E-state index contributed by atoms with van der Waals surface area (Å²) in [5, 5.41) is 1.40. The molecule has 2 aliphatic heterocycles. The highest BCUT2D eigenvalue weighted by atomic mass is 35.5. The van der Waals surface area contributed by atoms with Crippen LogP contribution in [-0.4, -0.2) is 67.3 Å². The van der Waals surface area contributed by atoms with Gasteiger partial charge in [-0.1, -0.05) is 23.7 Å². The Morgan fingerprint density at radius 1 is 1.09 bits per heavy atom. The lowest BCUT2D eigenvalue weighted by molar-refractivity contribution is -0.134. The smallest absolute Gasteiger partial charge is 0.253 e. The molecule has 1 amide bonds. The van der Waals surface area contributed by atoms with Gasteiger partial charge in [-0.05, 0) is 55.0 Å². The van der Waals surface area contributed by atoms with Gasteiger partial charge >= 0.3 is 0 Å². The summed E-state index contributed by atoms with van der Waals surface area (Å²) in [6.45, 7) is 2.05. The average molecular weight is 505 g/mol. The molecular weight excluding hydrogens is 480 g/mol. The van der Waals surface area contributed by atoms with Gasteiger partial charge in [-0.2, -0.15) is 4.31 Å². The van der Waals surface area contributed by atoms with Gasteiger partial charge in [-0.15, -0.1) is 11.3 Å². The molecule has 2 fully saturated rings. The van der Waals surface area contributed by atoms with Crippen LogP contribution in [0.15, 0.2) is 52.9 Å². The van der Waals surface area contributed by atoms with E-state index in [0.29, 0.717) is 24.7 Å². The molecule has 0 saturated carbocycles. The lowest BCUT2D eigenvalue weighted by atomic mass is 10.0. The van der Waals surface area contributed by atoms with E-state index in [2.05, 4.69) is 9.88 Å². The van der Waals surface area contributed by atoms with Crippen molar-refractivity contribution >= 4 is 54.8 Å². The largest absolute Gasteiger partial charge is 0.352 e. The predicted octanol–water partition coefficient (Wildman–Crippen LogP) is 3.84. The summed E-state index contributed by atoms with van der Waals surface area (Å²) < 4.78 is 28.8. The van der Waals surface area contributed by atoms with Crippen molar-refractivity contribution in [2.75, 3.05) is 37.6 Å². The molecule has 2 saturated heterocycles. The molecule has 7 nitrogen and oxygen atoms in total. The van der Waals surface area contributed by atoms with Gasteiger partial charge in [0.05, 0.1) is 6.54 Å². The number of piperidine rings is 1. The SMILES string of the molecule is O=C1CN(S(=O)(=O)c2cc3ccc(Cl)cc3s2)CCN1CC1CCCCN1c1ccccn1. The van der Waals surface area contributed by atoms with Crippen molar-refractivity contribution in [3.05, 3.63) is 53.7 Å². The van der Waals surface area contributed by atoms with Crippen LogP contribution < -0.4 is 4.90 Å². The lowest BCUT2D eigenvalue weighted by Gasteiger charge is -2.41. The summed E-state index contributed by atoms with van der Waals surface area (Å²) in [6, 6.07) is 13.1. The molecule has 5 rings (SSSR count).